The third-order valence-corrected chi connectivity index (χ3v) is 3.46. The molecule has 1 amide bonds. The smallest absolute Gasteiger partial charge is 0.307 e. The van der Waals surface area contributed by atoms with Crippen molar-refractivity contribution in [2.45, 2.75) is 31.7 Å². The number of rotatable bonds is 3. The van der Waals surface area contributed by atoms with Crippen molar-refractivity contribution in [3.63, 3.8) is 0 Å². The van der Waals surface area contributed by atoms with Crippen LogP contribution in [0.2, 0.25) is 0 Å². The van der Waals surface area contributed by atoms with Gasteiger partial charge in [-0.05, 0) is 31.4 Å². The lowest BCUT2D eigenvalue weighted by Gasteiger charge is -2.35. The normalized spacial score (nSPS) is 18.7. The molecule has 1 aliphatic rings. The van der Waals surface area contributed by atoms with E-state index < -0.39 is 5.82 Å². The average Bonchev–Trinajstić information content (AvgIpc) is 2.48. The Kier molecular flexibility index (Phi) is 4.65. The number of carbonyl (C=O) groups is 2. The highest BCUT2D eigenvalue weighted by Crippen LogP contribution is 2.22. The SMILES string of the molecule is COC(=O)CC1CCCCN1C(=O)c1ccc(F)cn1. The highest BCUT2D eigenvalue weighted by molar-refractivity contribution is 5.92. The molecule has 0 saturated carbocycles. The number of nitrogens with zero attached hydrogens (tertiary/aromatic N) is 2. The summed E-state index contributed by atoms with van der Waals surface area (Å²) in [5, 5.41) is 0. The van der Waals surface area contributed by atoms with Gasteiger partial charge in [-0.2, -0.15) is 0 Å². The minimum atomic E-state index is -0.480. The molecule has 2 rings (SSSR count). The summed E-state index contributed by atoms with van der Waals surface area (Å²) < 4.78 is 17.5. The third-order valence-electron chi connectivity index (χ3n) is 3.46. The molecule has 1 aliphatic heterocycles. The molecule has 1 aromatic heterocycles. The molecule has 5 nitrogen and oxygen atoms in total. The largest absolute Gasteiger partial charge is 0.469 e. The number of esters is 1. The lowest BCUT2D eigenvalue weighted by molar-refractivity contribution is -0.142. The fraction of sp³-hybridized carbons (Fsp3) is 0.500. The number of hydrogen-bond acceptors (Lipinski definition) is 4. The molecule has 1 saturated heterocycles. The summed E-state index contributed by atoms with van der Waals surface area (Å²) in [6.07, 6.45) is 3.84. The molecular formula is C14H17FN2O3. The standard InChI is InChI=1S/C14H17FN2O3/c1-20-13(18)8-11-4-2-3-7-17(11)14(19)12-6-5-10(15)9-16-12/h5-6,9,11H,2-4,7-8H2,1H3. The van der Waals surface area contributed by atoms with Crippen molar-refractivity contribution in [3.05, 3.63) is 29.8 Å². The Balaban J connectivity index is 2.12. The van der Waals surface area contributed by atoms with E-state index in [1.807, 2.05) is 0 Å². The van der Waals surface area contributed by atoms with Gasteiger partial charge in [0.2, 0.25) is 0 Å². The quantitative estimate of drug-likeness (QED) is 0.792. The number of methoxy groups -OCH3 is 1. The van der Waals surface area contributed by atoms with Crippen molar-refractivity contribution in [3.8, 4) is 0 Å². The lowest BCUT2D eigenvalue weighted by atomic mass is 9.99. The molecule has 1 atom stereocenters. The van der Waals surface area contributed by atoms with Crippen molar-refractivity contribution in [1.29, 1.82) is 0 Å². The van der Waals surface area contributed by atoms with Crippen LogP contribution in [0.1, 0.15) is 36.2 Å². The minimum absolute atomic E-state index is 0.171. The van der Waals surface area contributed by atoms with E-state index in [2.05, 4.69) is 9.72 Å². The molecule has 0 spiro atoms. The van der Waals surface area contributed by atoms with Gasteiger partial charge in [-0.3, -0.25) is 9.59 Å². The summed E-state index contributed by atoms with van der Waals surface area (Å²) in [5.41, 5.74) is 0.197. The van der Waals surface area contributed by atoms with Gasteiger partial charge in [0.15, 0.2) is 0 Å². The number of likely N-dealkylation sites (tertiary alicyclic amines) is 1. The molecule has 0 aliphatic carbocycles. The molecule has 20 heavy (non-hydrogen) atoms. The van der Waals surface area contributed by atoms with Gasteiger partial charge < -0.3 is 9.64 Å². The molecule has 1 aromatic rings. The number of halogens is 1. The van der Waals surface area contributed by atoms with Crippen LogP contribution in [0.3, 0.4) is 0 Å². The molecule has 0 aromatic carbocycles. The van der Waals surface area contributed by atoms with E-state index in [4.69, 9.17) is 0 Å². The van der Waals surface area contributed by atoms with Crippen LogP contribution in [-0.2, 0) is 9.53 Å². The van der Waals surface area contributed by atoms with Gasteiger partial charge in [-0.1, -0.05) is 0 Å². The fourth-order valence-corrected chi connectivity index (χ4v) is 2.41. The van der Waals surface area contributed by atoms with Crippen LogP contribution in [0, 0.1) is 5.82 Å². The van der Waals surface area contributed by atoms with Crippen molar-refractivity contribution < 1.29 is 18.7 Å². The molecule has 0 radical (unpaired) electrons. The van der Waals surface area contributed by atoms with Gasteiger partial charge in [0.25, 0.3) is 5.91 Å². The number of aromatic nitrogens is 1. The summed E-state index contributed by atoms with van der Waals surface area (Å²) in [4.78, 5) is 29.2. The Bertz CT molecular complexity index is 490. The first-order valence-electron chi connectivity index (χ1n) is 6.61. The zero-order valence-electron chi connectivity index (χ0n) is 11.3. The highest BCUT2D eigenvalue weighted by atomic mass is 19.1. The first-order chi connectivity index (χ1) is 9.61. The number of pyridine rings is 1. The van der Waals surface area contributed by atoms with Crippen LogP contribution >= 0.6 is 0 Å². The minimum Gasteiger partial charge on any atom is -0.469 e. The summed E-state index contributed by atoms with van der Waals surface area (Å²) in [6, 6.07) is 2.40. The molecule has 1 fully saturated rings. The lowest BCUT2D eigenvalue weighted by Crippen LogP contribution is -2.45. The number of hydrogen-bond donors (Lipinski definition) is 0. The van der Waals surface area contributed by atoms with Gasteiger partial charge in [0.1, 0.15) is 11.5 Å². The maximum Gasteiger partial charge on any atom is 0.307 e. The number of piperidine rings is 1. The van der Waals surface area contributed by atoms with E-state index in [-0.39, 0.29) is 30.0 Å². The van der Waals surface area contributed by atoms with E-state index in [0.29, 0.717) is 6.54 Å². The molecular weight excluding hydrogens is 263 g/mol. The average molecular weight is 280 g/mol. The summed E-state index contributed by atoms with van der Waals surface area (Å²) in [5.74, 6) is -1.08. The van der Waals surface area contributed by atoms with Crippen molar-refractivity contribution in [1.82, 2.24) is 9.88 Å². The topological polar surface area (TPSA) is 59.5 Å². The summed E-state index contributed by atoms with van der Waals surface area (Å²) in [6.45, 7) is 0.583. The van der Waals surface area contributed by atoms with E-state index in [1.54, 1.807) is 4.90 Å². The van der Waals surface area contributed by atoms with E-state index in [1.165, 1.54) is 19.2 Å². The predicted molar refractivity (Wildman–Crippen MR) is 69.5 cm³/mol. The van der Waals surface area contributed by atoms with Gasteiger partial charge >= 0.3 is 5.97 Å². The van der Waals surface area contributed by atoms with Crippen LogP contribution < -0.4 is 0 Å². The van der Waals surface area contributed by atoms with Gasteiger partial charge in [0, 0.05) is 12.6 Å². The maximum atomic E-state index is 12.8. The van der Waals surface area contributed by atoms with Crippen molar-refractivity contribution in [2.24, 2.45) is 0 Å². The van der Waals surface area contributed by atoms with Gasteiger partial charge in [-0.25, -0.2) is 9.37 Å². The summed E-state index contributed by atoms with van der Waals surface area (Å²) in [7, 11) is 1.33. The Morgan fingerprint density at radius 1 is 1.45 bits per heavy atom. The molecule has 1 unspecified atom stereocenters. The zero-order chi connectivity index (χ0) is 14.5. The first kappa shape index (κ1) is 14.4. The Morgan fingerprint density at radius 3 is 2.90 bits per heavy atom. The number of carbonyl (C=O) groups excluding carboxylic acids is 2. The Labute approximate surface area is 116 Å². The fourth-order valence-electron chi connectivity index (χ4n) is 2.41. The molecule has 2 heterocycles. The molecule has 0 bridgehead atoms. The highest BCUT2D eigenvalue weighted by Gasteiger charge is 2.30. The van der Waals surface area contributed by atoms with Gasteiger partial charge in [-0.15, -0.1) is 0 Å². The number of ether oxygens (including phenoxy) is 1. The second-order valence-electron chi connectivity index (χ2n) is 4.79. The second kappa shape index (κ2) is 6.45. The third kappa shape index (κ3) is 3.31. The van der Waals surface area contributed by atoms with Crippen LogP contribution in [0.25, 0.3) is 0 Å². The van der Waals surface area contributed by atoms with E-state index >= 15 is 0 Å². The monoisotopic (exact) mass is 280 g/mol. The number of amides is 1. The van der Waals surface area contributed by atoms with Crippen LogP contribution in [-0.4, -0.2) is 41.5 Å². The predicted octanol–water partition coefficient (Wildman–Crippen LogP) is 1.78. The molecule has 6 heteroatoms. The summed E-state index contributed by atoms with van der Waals surface area (Å²) >= 11 is 0. The first-order valence-corrected chi connectivity index (χ1v) is 6.61. The van der Waals surface area contributed by atoms with Crippen LogP contribution in [0.15, 0.2) is 18.3 Å². The second-order valence-corrected chi connectivity index (χ2v) is 4.79. The Morgan fingerprint density at radius 2 is 2.25 bits per heavy atom. The van der Waals surface area contributed by atoms with Crippen molar-refractivity contribution in [2.75, 3.05) is 13.7 Å². The van der Waals surface area contributed by atoms with Crippen LogP contribution in [0.5, 0.6) is 0 Å². The Hall–Kier alpha value is -1.98. The van der Waals surface area contributed by atoms with Crippen molar-refractivity contribution >= 4 is 11.9 Å². The van der Waals surface area contributed by atoms with E-state index in [9.17, 15) is 14.0 Å². The molecule has 108 valence electrons. The van der Waals surface area contributed by atoms with E-state index in [0.717, 1.165) is 25.5 Å². The maximum absolute atomic E-state index is 12.8. The zero-order valence-corrected chi connectivity index (χ0v) is 11.3. The van der Waals surface area contributed by atoms with Crippen LogP contribution in [0.4, 0.5) is 4.39 Å². The molecule has 0 N–H and O–H groups in total. The van der Waals surface area contributed by atoms with Gasteiger partial charge in [0.05, 0.1) is 19.7 Å².